The van der Waals surface area contributed by atoms with Gasteiger partial charge in [0.15, 0.2) is 0 Å². The van der Waals surface area contributed by atoms with E-state index in [0.29, 0.717) is 11.8 Å². The first-order chi connectivity index (χ1) is 10.3. The first kappa shape index (κ1) is 13.9. The summed E-state index contributed by atoms with van der Waals surface area (Å²) < 4.78 is 0. The summed E-state index contributed by atoms with van der Waals surface area (Å²) in [6, 6.07) is 21.5. The van der Waals surface area contributed by atoms with E-state index in [0.717, 1.165) is 0 Å². The molecule has 0 aliphatic heterocycles. The van der Waals surface area contributed by atoms with Crippen molar-refractivity contribution in [3.05, 3.63) is 102 Å². The first-order valence-electron chi connectivity index (χ1n) is 7.62. The normalized spacial score (nSPS) is 15.0. The van der Waals surface area contributed by atoms with Crippen molar-refractivity contribution < 1.29 is 0 Å². The molecule has 0 heteroatoms. The second-order valence-corrected chi connectivity index (χ2v) is 5.89. The van der Waals surface area contributed by atoms with Gasteiger partial charge in [-0.25, -0.2) is 0 Å². The minimum absolute atomic E-state index is 0.319. The van der Waals surface area contributed by atoms with Crippen LogP contribution in [0.15, 0.2) is 84.5 Å². The maximum Gasteiger partial charge on any atom is 0.0315 e. The third kappa shape index (κ3) is 3.00. The summed E-state index contributed by atoms with van der Waals surface area (Å²) in [5.74, 6) is 2.28. The molecule has 105 valence electrons. The minimum Gasteiger partial charge on any atom is -0.0721 e. The molecule has 0 heterocycles. The molecule has 1 aliphatic carbocycles. The Morgan fingerprint density at radius 2 is 1.19 bits per heavy atom. The van der Waals surface area contributed by atoms with Crippen molar-refractivity contribution in [3.63, 3.8) is 0 Å². The molecule has 1 aliphatic rings. The molecule has 1 radical (unpaired) electrons. The molecule has 0 saturated heterocycles. The van der Waals surface area contributed by atoms with Gasteiger partial charge >= 0.3 is 0 Å². The van der Waals surface area contributed by atoms with Gasteiger partial charge in [-0.15, -0.1) is 0 Å². The molecule has 0 aromatic heterocycles. The lowest BCUT2D eigenvalue weighted by molar-refractivity contribution is 0.790. The summed E-state index contributed by atoms with van der Waals surface area (Å²) in [7, 11) is 0. The van der Waals surface area contributed by atoms with Crippen molar-refractivity contribution >= 4 is 0 Å². The van der Waals surface area contributed by atoms with Crippen molar-refractivity contribution in [2.75, 3.05) is 0 Å². The lowest BCUT2D eigenvalue weighted by Gasteiger charge is -2.22. The molecule has 0 amide bonds. The van der Waals surface area contributed by atoms with Crippen LogP contribution in [0.2, 0.25) is 0 Å². The number of hydrogen-bond donors (Lipinski definition) is 0. The van der Waals surface area contributed by atoms with Crippen LogP contribution in [0.1, 0.15) is 30.9 Å². The van der Waals surface area contributed by atoms with Gasteiger partial charge in [-0.05, 0) is 22.6 Å². The Balaban J connectivity index is 2.01. The Bertz CT molecular complexity index is 593. The molecule has 0 N–H and O–H groups in total. The van der Waals surface area contributed by atoms with Gasteiger partial charge in [-0.3, -0.25) is 0 Å². The molecule has 2 aromatic carbocycles. The van der Waals surface area contributed by atoms with E-state index in [4.69, 9.17) is 0 Å². The molecule has 2 aromatic rings. The Kier molecular flexibility index (Phi) is 4.06. The van der Waals surface area contributed by atoms with Crippen LogP contribution in [0.3, 0.4) is 0 Å². The Hall–Kier alpha value is -2.08. The smallest absolute Gasteiger partial charge is 0.0315 e. The van der Waals surface area contributed by atoms with Crippen LogP contribution < -0.4 is 0 Å². The highest BCUT2D eigenvalue weighted by Gasteiger charge is 2.25. The van der Waals surface area contributed by atoms with Crippen LogP contribution in [0, 0.1) is 11.8 Å². The van der Waals surface area contributed by atoms with E-state index < -0.39 is 0 Å². The van der Waals surface area contributed by atoms with Gasteiger partial charge in [0.05, 0.1) is 0 Å². The molecule has 0 bridgehead atoms. The molecule has 0 atom stereocenters. The summed E-state index contributed by atoms with van der Waals surface area (Å²) in [4.78, 5) is 0. The first-order valence-corrected chi connectivity index (χ1v) is 7.62. The van der Waals surface area contributed by atoms with Gasteiger partial charge in [-0.2, -0.15) is 0 Å². The van der Waals surface area contributed by atoms with Crippen LogP contribution in [-0.4, -0.2) is 0 Å². The van der Waals surface area contributed by atoms with Crippen molar-refractivity contribution in [1.29, 1.82) is 0 Å². The van der Waals surface area contributed by atoms with E-state index in [2.05, 4.69) is 92.7 Å². The van der Waals surface area contributed by atoms with Crippen LogP contribution in [0.25, 0.3) is 0 Å². The van der Waals surface area contributed by atoms with Gasteiger partial charge < -0.3 is 0 Å². The molecule has 0 nitrogen and oxygen atoms in total. The Morgan fingerprint density at radius 1 is 0.667 bits per heavy atom. The van der Waals surface area contributed by atoms with E-state index in [1.54, 1.807) is 0 Å². The average Bonchev–Trinajstić information content (AvgIpc) is 3.00. The third-order valence-electron chi connectivity index (χ3n) is 4.07. The summed E-state index contributed by atoms with van der Waals surface area (Å²) in [6.07, 6.45) is 6.90. The fourth-order valence-corrected chi connectivity index (χ4v) is 2.89. The number of allylic oxidation sites excluding steroid dienone is 4. The van der Waals surface area contributed by atoms with Crippen LogP contribution in [0.4, 0.5) is 0 Å². The highest BCUT2D eigenvalue weighted by Crippen LogP contribution is 2.39. The molecule has 21 heavy (non-hydrogen) atoms. The zero-order valence-electron chi connectivity index (χ0n) is 12.7. The highest BCUT2D eigenvalue weighted by molar-refractivity contribution is 5.52. The maximum absolute atomic E-state index is 2.36. The minimum atomic E-state index is 0.319. The van der Waals surface area contributed by atoms with E-state index in [9.17, 15) is 0 Å². The van der Waals surface area contributed by atoms with Gasteiger partial charge in [0, 0.05) is 11.8 Å². The fraction of sp³-hybridized carbons (Fsp3) is 0.190. The van der Waals surface area contributed by atoms with Gasteiger partial charge in [0.1, 0.15) is 0 Å². The second kappa shape index (κ2) is 6.13. The summed E-state index contributed by atoms with van der Waals surface area (Å²) in [5.41, 5.74) is 4.12. The van der Waals surface area contributed by atoms with Gasteiger partial charge in [0.25, 0.3) is 0 Å². The second-order valence-electron chi connectivity index (χ2n) is 5.89. The van der Waals surface area contributed by atoms with E-state index in [1.165, 1.54) is 22.6 Å². The predicted molar refractivity (Wildman–Crippen MR) is 90.0 cm³/mol. The zero-order valence-corrected chi connectivity index (χ0v) is 12.7. The highest BCUT2D eigenvalue weighted by atomic mass is 14.3. The predicted octanol–water partition coefficient (Wildman–Crippen LogP) is 5.55. The zero-order chi connectivity index (χ0) is 14.7. The monoisotopic (exact) mass is 273 g/mol. The van der Waals surface area contributed by atoms with Crippen molar-refractivity contribution in [2.24, 2.45) is 5.92 Å². The fourth-order valence-electron chi connectivity index (χ4n) is 2.89. The summed E-state index contributed by atoms with van der Waals surface area (Å²) in [5, 5.41) is 0. The van der Waals surface area contributed by atoms with Gasteiger partial charge in [0.2, 0.25) is 0 Å². The average molecular weight is 273 g/mol. The van der Waals surface area contributed by atoms with Gasteiger partial charge in [-0.1, -0.05) is 92.7 Å². The molecule has 0 saturated carbocycles. The van der Waals surface area contributed by atoms with Crippen LogP contribution in [0.5, 0.6) is 0 Å². The Labute approximate surface area is 127 Å². The molecule has 0 unspecified atom stereocenters. The van der Waals surface area contributed by atoms with Crippen LogP contribution >= 0.6 is 0 Å². The van der Waals surface area contributed by atoms with E-state index in [1.807, 2.05) is 0 Å². The number of hydrogen-bond acceptors (Lipinski definition) is 0. The third-order valence-corrected chi connectivity index (χ3v) is 4.07. The molecular formula is C21H21. The van der Waals surface area contributed by atoms with E-state index in [-0.39, 0.29) is 0 Å². The molecule has 0 fully saturated rings. The molecule has 3 rings (SSSR count). The summed E-state index contributed by atoms with van der Waals surface area (Å²) in [6.45, 7) is 4.50. The lowest BCUT2D eigenvalue weighted by atomic mass is 9.81. The molecule has 0 spiro atoms. The standard InChI is InChI=1S/C21H21/c1-16(2)19-13-14-20(15-19)21(17-9-5-3-6-10-17)18-11-7-4-8-12-18/h3-16,21H,1-2H3. The Morgan fingerprint density at radius 3 is 1.62 bits per heavy atom. The quantitative estimate of drug-likeness (QED) is 0.685. The van der Waals surface area contributed by atoms with Crippen LogP contribution in [-0.2, 0) is 0 Å². The van der Waals surface area contributed by atoms with Crippen molar-refractivity contribution in [2.45, 2.75) is 19.8 Å². The number of benzene rings is 2. The van der Waals surface area contributed by atoms with Crippen molar-refractivity contribution in [1.82, 2.24) is 0 Å². The van der Waals surface area contributed by atoms with Crippen molar-refractivity contribution in [3.8, 4) is 0 Å². The lowest BCUT2D eigenvalue weighted by Crippen LogP contribution is -2.08. The maximum atomic E-state index is 2.36. The number of rotatable bonds is 4. The van der Waals surface area contributed by atoms with E-state index >= 15 is 0 Å². The topological polar surface area (TPSA) is 0 Å². The summed E-state index contributed by atoms with van der Waals surface area (Å²) >= 11 is 0. The SMILES string of the molecule is CC(C)C1=C[C](C(c2ccccc2)c2ccccc2)C=C1. The molecular weight excluding hydrogens is 252 g/mol. The largest absolute Gasteiger partial charge is 0.0721 e.